The number of hydrogen-bond donors (Lipinski definition) is 4. The van der Waals surface area contributed by atoms with Crippen LogP contribution in [-0.4, -0.2) is 28.2 Å². The van der Waals surface area contributed by atoms with Gasteiger partial charge in [0.25, 0.3) is 0 Å². The number of alkyl halides is 3. The van der Waals surface area contributed by atoms with Crippen molar-refractivity contribution in [3.63, 3.8) is 0 Å². The second-order valence-corrected chi connectivity index (χ2v) is 6.14. The highest BCUT2D eigenvalue weighted by molar-refractivity contribution is 5.91. The normalized spacial score (nSPS) is 25.4. The lowest BCUT2D eigenvalue weighted by atomic mass is 9.76. The predicted molar refractivity (Wildman–Crippen MR) is 87.4 cm³/mol. The summed E-state index contributed by atoms with van der Waals surface area (Å²) in [6.45, 7) is 0. The average molecular weight is 380 g/mol. The van der Waals surface area contributed by atoms with E-state index in [4.69, 9.17) is 0 Å². The summed E-state index contributed by atoms with van der Waals surface area (Å²) in [5.74, 6) is -4.43. The molecule has 2 aromatic carbocycles. The van der Waals surface area contributed by atoms with Gasteiger partial charge in [-0.3, -0.25) is 4.79 Å². The first-order chi connectivity index (χ1) is 12.6. The SMILES string of the molecule is O=C1NC(c2ccc(O)cc2)C(C(=O)C(F)(F)F)C(O)(c2ccccc2)N1. The minimum atomic E-state index is -5.24. The van der Waals surface area contributed by atoms with Gasteiger partial charge in [0.15, 0.2) is 5.72 Å². The van der Waals surface area contributed by atoms with Crippen LogP contribution in [0.1, 0.15) is 17.2 Å². The van der Waals surface area contributed by atoms with E-state index < -0.39 is 35.7 Å². The Bertz CT molecular complexity index is 855. The van der Waals surface area contributed by atoms with Crippen molar-refractivity contribution in [2.45, 2.75) is 17.9 Å². The third-order valence-electron chi connectivity index (χ3n) is 4.40. The second-order valence-electron chi connectivity index (χ2n) is 6.14. The number of rotatable bonds is 3. The van der Waals surface area contributed by atoms with Gasteiger partial charge in [-0.15, -0.1) is 0 Å². The molecular weight excluding hydrogens is 365 g/mol. The Labute approximate surface area is 151 Å². The highest BCUT2D eigenvalue weighted by atomic mass is 19.4. The van der Waals surface area contributed by atoms with Crippen molar-refractivity contribution in [3.8, 4) is 5.75 Å². The number of hydrogen-bond acceptors (Lipinski definition) is 4. The van der Waals surface area contributed by atoms with Crippen molar-refractivity contribution in [3.05, 3.63) is 65.7 Å². The van der Waals surface area contributed by atoms with Gasteiger partial charge in [0.1, 0.15) is 11.7 Å². The number of ketones is 1. The van der Waals surface area contributed by atoms with Crippen molar-refractivity contribution in [2.24, 2.45) is 5.92 Å². The van der Waals surface area contributed by atoms with E-state index in [1.165, 1.54) is 48.5 Å². The Balaban J connectivity index is 2.18. The highest BCUT2D eigenvalue weighted by Crippen LogP contribution is 2.42. The monoisotopic (exact) mass is 380 g/mol. The lowest BCUT2D eigenvalue weighted by molar-refractivity contribution is -0.190. The number of nitrogens with one attached hydrogen (secondary N) is 2. The van der Waals surface area contributed by atoms with Crippen LogP contribution >= 0.6 is 0 Å². The van der Waals surface area contributed by atoms with Gasteiger partial charge < -0.3 is 20.8 Å². The van der Waals surface area contributed by atoms with E-state index in [1.54, 1.807) is 6.07 Å². The van der Waals surface area contributed by atoms with E-state index in [1.807, 2.05) is 0 Å². The summed E-state index contributed by atoms with van der Waals surface area (Å²) in [7, 11) is 0. The first-order valence-electron chi connectivity index (χ1n) is 7.89. The van der Waals surface area contributed by atoms with Crippen molar-refractivity contribution in [1.29, 1.82) is 0 Å². The molecule has 1 saturated heterocycles. The summed E-state index contributed by atoms with van der Waals surface area (Å²) >= 11 is 0. The molecule has 0 saturated carbocycles. The van der Waals surface area contributed by atoms with Gasteiger partial charge in [-0.05, 0) is 17.7 Å². The molecule has 1 aliphatic heterocycles. The number of aliphatic hydroxyl groups is 1. The molecule has 0 aromatic heterocycles. The smallest absolute Gasteiger partial charge is 0.450 e. The largest absolute Gasteiger partial charge is 0.508 e. The van der Waals surface area contributed by atoms with Crippen LogP contribution in [0.25, 0.3) is 0 Å². The first kappa shape index (κ1) is 18.7. The maximum atomic E-state index is 13.3. The molecule has 2 amide bonds. The van der Waals surface area contributed by atoms with E-state index in [2.05, 4.69) is 10.6 Å². The summed E-state index contributed by atoms with van der Waals surface area (Å²) in [6, 6.07) is 9.68. The molecule has 1 aliphatic rings. The number of aromatic hydroxyl groups is 1. The molecule has 1 fully saturated rings. The van der Waals surface area contributed by atoms with Gasteiger partial charge >= 0.3 is 12.2 Å². The zero-order chi connectivity index (χ0) is 19.8. The Morgan fingerprint density at radius 3 is 2.19 bits per heavy atom. The molecule has 6 nitrogen and oxygen atoms in total. The fraction of sp³-hybridized carbons (Fsp3) is 0.222. The standard InChI is InChI=1S/C18H15F3N2O4/c19-18(20,21)15(25)13-14(10-6-8-12(24)9-7-10)22-16(26)23-17(13,27)11-4-2-1-3-5-11/h1-9,13-14,24,27H,(H2,22,23,26). The van der Waals surface area contributed by atoms with E-state index in [9.17, 15) is 33.0 Å². The first-order valence-corrected chi connectivity index (χ1v) is 7.89. The van der Waals surface area contributed by atoms with Crippen LogP contribution in [0.4, 0.5) is 18.0 Å². The number of Topliss-reactive ketones (excluding diaryl/α,β-unsaturated/α-hetero) is 1. The Morgan fingerprint density at radius 2 is 1.63 bits per heavy atom. The van der Waals surface area contributed by atoms with Gasteiger partial charge in [0, 0.05) is 5.56 Å². The van der Waals surface area contributed by atoms with Crippen LogP contribution in [0.2, 0.25) is 0 Å². The third-order valence-corrected chi connectivity index (χ3v) is 4.40. The lowest BCUT2D eigenvalue weighted by Crippen LogP contribution is -2.66. The van der Waals surface area contributed by atoms with E-state index >= 15 is 0 Å². The van der Waals surface area contributed by atoms with Gasteiger partial charge in [0.05, 0.1) is 6.04 Å². The minimum absolute atomic E-state index is 0.0637. The van der Waals surface area contributed by atoms with Crippen LogP contribution < -0.4 is 10.6 Å². The Morgan fingerprint density at radius 1 is 1.04 bits per heavy atom. The van der Waals surface area contributed by atoms with Gasteiger partial charge in [-0.25, -0.2) is 4.79 Å². The van der Waals surface area contributed by atoms with Crippen molar-refractivity contribution in [2.75, 3.05) is 0 Å². The quantitative estimate of drug-likeness (QED) is 0.657. The molecule has 9 heteroatoms. The summed E-state index contributed by atoms with van der Waals surface area (Å²) < 4.78 is 39.9. The highest BCUT2D eigenvalue weighted by Gasteiger charge is 2.59. The molecular formula is C18H15F3N2O4. The van der Waals surface area contributed by atoms with Crippen molar-refractivity contribution in [1.82, 2.24) is 10.6 Å². The molecule has 0 aliphatic carbocycles. The molecule has 27 heavy (non-hydrogen) atoms. The molecule has 4 N–H and O–H groups in total. The van der Waals surface area contributed by atoms with Gasteiger partial charge in [0.2, 0.25) is 5.78 Å². The minimum Gasteiger partial charge on any atom is -0.508 e. The van der Waals surface area contributed by atoms with Crippen LogP contribution in [0.5, 0.6) is 5.75 Å². The second kappa shape index (κ2) is 6.58. The van der Waals surface area contributed by atoms with Gasteiger partial charge in [-0.1, -0.05) is 42.5 Å². The number of phenolic OH excluding ortho intramolecular Hbond substituents is 1. The summed E-state index contributed by atoms with van der Waals surface area (Å²) in [4.78, 5) is 24.3. The van der Waals surface area contributed by atoms with Crippen LogP contribution in [-0.2, 0) is 10.5 Å². The zero-order valence-corrected chi connectivity index (χ0v) is 13.7. The van der Waals surface area contributed by atoms with Gasteiger partial charge in [-0.2, -0.15) is 13.2 Å². The fourth-order valence-electron chi connectivity index (χ4n) is 3.17. The van der Waals surface area contributed by atoms with E-state index in [0.29, 0.717) is 0 Å². The third kappa shape index (κ3) is 3.45. The average Bonchev–Trinajstić information content (AvgIpc) is 2.61. The number of urea groups is 1. The number of carbonyl (C=O) groups excluding carboxylic acids is 2. The predicted octanol–water partition coefficient (Wildman–Crippen LogP) is 2.34. The topological polar surface area (TPSA) is 98.7 Å². The van der Waals surface area contributed by atoms with E-state index in [-0.39, 0.29) is 16.9 Å². The number of phenols is 1. The van der Waals surface area contributed by atoms with Crippen molar-refractivity contribution < 1.29 is 33.0 Å². The van der Waals surface area contributed by atoms with Crippen LogP contribution in [0.3, 0.4) is 0 Å². The molecule has 0 bridgehead atoms. The zero-order valence-electron chi connectivity index (χ0n) is 13.7. The number of carbonyl (C=O) groups is 2. The Kier molecular flexibility index (Phi) is 4.56. The molecule has 3 unspecified atom stereocenters. The summed E-state index contributed by atoms with van der Waals surface area (Å²) in [6.07, 6.45) is -5.24. The molecule has 1 heterocycles. The maximum Gasteiger partial charge on any atom is 0.450 e. The maximum absolute atomic E-state index is 13.3. The summed E-state index contributed by atoms with van der Waals surface area (Å²) in [5, 5.41) is 24.8. The summed E-state index contributed by atoms with van der Waals surface area (Å²) in [5.41, 5.74) is -2.52. The molecule has 2 aromatic rings. The molecule has 0 radical (unpaired) electrons. The molecule has 3 atom stereocenters. The van der Waals surface area contributed by atoms with Crippen LogP contribution in [0.15, 0.2) is 54.6 Å². The Hall–Kier alpha value is -3.07. The van der Waals surface area contributed by atoms with Crippen molar-refractivity contribution >= 4 is 11.8 Å². The number of benzene rings is 2. The lowest BCUT2D eigenvalue weighted by Gasteiger charge is -2.45. The number of amides is 2. The van der Waals surface area contributed by atoms with E-state index in [0.717, 1.165) is 0 Å². The molecule has 0 spiro atoms. The molecule has 3 rings (SSSR count). The molecule has 142 valence electrons. The van der Waals surface area contributed by atoms with Crippen LogP contribution in [0, 0.1) is 5.92 Å². The number of halogens is 3. The fourth-order valence-corrected chi connectivity index (χ4v) is 3.17.